The minimum absolute atomic E-state index is 0.121. The lowest BCUT2D eigenvalue weighted by molar-refractivity contribution is -0.131. The largest absolute Gasteiger partial charge is 0.478 e. The number of rotatable bonds is 7. The number of carboxylic acid groups (broad SMARTS) is 1. The molecule has 0 saturated carbocycles. The van der Waals surface area contributed by atoms with Gasteiger partial charge in [0.25, 0.3) is 0 Å². The molecular weight excluding hydrogens is 364 g/mol. The number of thioether (sulfide) groups is 1. The third-order valence-electron chi connectivity index (χ3n) is 3.35. The van der Waals surface area contributed by atoms with Gasteiger partial charge in [0.15, 0.2) is 0 Å². The molecule has 0 aliphatic rings. The van der Waals surface area contributed by atoms with Crippen LogP contribution in [0.4, 0.5) is 11.4 Å². The summed E-state index contributed by atoms with van der Waals surface area (Å²) in [6.45, 7) is 3.95. The maximum atomic E-state index is 12.2. The molecule has 140 valence electrons. The molecule has 0 saturated heterocycles. The predicted molar refractivity (Wildman–Crippen MR) is 107 cm³/mol. The van der Waals surface area contributed by atoms with Gasteiger partial charge in [-0.1, -0.05) is 12.1 Å². The first-order valence-electron chi connectivity index (χ1n) is 8.15. The van der Waals surface area contributed by atoms with Gasteiger partial charge in [-0.2, -0.15) is 0 Å². The Hall–Kier alpha value is -3.06. The van der Waals surface area contributed by atoms with E-state index in [2.05, 4.69) is 10.6 Å². The van der Waals surface area contributed by atoms with Gasteiger partial charge < -0.3 is 15.7 Å². The molecule has 0 radical (unpaired) electrons. The number of benzene rings is 2. The van der Waals surface area contributed by atoms with Gasteiger partial charge in [0, 0.05) is 28.4 Å². The number of aryl methyl sites for hydroxylation is 2. The van der Waals surface area contributed by atoms with Crippen molar-refractivity contribution in [1.82, 2.24) is 0 Å². The number of aliphatic carboxylic acids is 1. The lowest BCUT2D eigenvalue weighted by Gasteiger charge is -2.08. The number of hydrogen-bond donors (Lipinski definition) is 3. The molecule has 0 spiro atoms. The molecule has 27 heavy (non-hydrogen) atoms. The number of nitrogens with one attached hydrogen (secondary N) is 2. The first kappa shape index (κ1) is 20.3. The maximum Gasteiger partial charge on any atom is 0.328 e. The fraction of sp³-hybridized carbons (Fsp3) is 0.150. The molecule has 0 aliphatic carbocycles. The van der Waals surface area contributed by atoms with E-state index in [9.17, 15) is 14.4 Å². The van der Waals surface area contributed by atoms with Crippen molar-refractivity contribution < 1.29 is 19.5 Å². The summed E-state index contributed by atoms with van der Waals surface area (Å²) in [4.78, 5) is 35.0. The van der Waals surface area contributed by atoms with Crippen molar-refractivity contribution in [3.05, 3.63) is 65.7 Å². The van der Waals surface area contributed by atoms with Gasteiger partial charge in [-0.15, -0.1) is 11.8 Å². The molecule has 3 N–H and O–H groups in total. The van der Waals surface area contributed by atoms with Gasteiger partial charge in [0.2, 0.25) is 11.8 Å². The first-order chi connectivity index (χ1) is 12.8. The molecule has 2 aromatic carbocycles. The Kier molecular flexibility index (Phi) is 7.19. The van der Waals surface area contributed by atoms with E-state index >= 15 is 0 Å². The van der Waals surface area contributed by atoms with Crippen molar-refractivity contribution in [3.8, 4) is 0 Å². The standard InChI is InChI=1S/C20H20N2O4S/c1-13-8-14(2)10-16(9-13)22-19(24)12-27-17-5-3-4-15(11-17)21-18(23)6-7-20(25)26/h3-11H,12H2,1-2H3,(H,21,23)(H,22,24)(H,25,26)/b7-6+. The number of carbonyl (C=O) groups excluding carboxylic acids is 2. The van der Waals surface area contributed by atoms with Crippen molar-refractivity contribution in [1.29, 1.82) is 0 Å². The molecule has 0 unspecified atom stereocenters. The summed E-state index contributed by atoms with van der Waals surface area (Å²) in [5, 5.41) is 14.0. The minimum atomic E-state index is -1.19. The van der Waals surface area contributed by atoms with Crippen molar-refractivity contribution in [2.24, 2.45) is 0 Å². The van der Waals surface area contributed by atoms with Crippen molar-refractivity contribution in [3.63, 3.8) is 0 Å². The zero-order valence-corrected chi connectivity index (χ0v) is 15.8. The normalized spacial score (nSPS) is 10.6. The first-order valence-corrected chi connectivity index (χ1v) is 9.13. The van der Waals surface area contributed by atoms with Gasteiger partial charge in [0.1, 0.15) is 0 Å². The van der Waals surface area contributed by atoms with Crippen LogP contribution >= 0.6 is 11.8 Å². The second kappa shape index (κ2) is 9.59. The van der Waals surface area contributed by atoms with Crippen LogP contribution < -0.4 is 10.6 Å². The highest BCUT2D eigenvalue weighted by molar-refractivity contribution is 8.00. The molecule has 0 aliphatic heterocycles. The van der Waals surface area contributed by atoms with Crippen molar-refractivity contribution in [2.45, 2.75) is 18.7 Å². The van der Waals surface area contributed by atoms with Crippen molar-refractivity contribution in [2.75, 3.05) is 16.4 Å². The minimum Gasteiger partial charge on any atom is -0.478 e. The van der Waals surface area contributed by atoms with Gasteiger partial charge in [-0.05, 0) is 55.3 Å². The summed E-state index contributed by atoms with van der Waals surface area (Å²) in [7, 11) is 0. The van der Waals surface area contributed by atoms with Gasteiger partial charge in [0.05, 0.1) is 5.75 Å². The Morgan fingerprint density at radius 1 is 0.963 bits per heavy atom. The Balaban J connectivity index is 1.91. The summed E-state index contributed by atoms with van der Waals surface area (Å²) in [5.74, 6) is -1.62. The van der Waals surface area contributed by atoms with Crippen LogP contribution in [0.25, 0.3) is 0 Å². The van der Waals surface area contributed by atoms with Gasteiger partial charge in [-0.3, -0.25) is 9.59 Å². The second-order valence-corrected chi connectivity index (χ2v) is 6.95. The van der Waals surface area contributed by atoms with Crippen LogP contribution in [0.5, 0.6) is 0 Å². The van der Waals surface area contributed by atoms with E-state index in [-0.39, 0.29) is 11.7 Å². The van der Waals surface area contributed by atoms with Gasteiger partial charge >= 0.3 is 5.97 Å². The fourth-order valence-corrected chi connectivity index (χ4v) is 3.14. The number of anilines is 2. The molecule has 2 aromatic rings. The second-order valence-electron chi connectivity index (χ2n) is 5.90. The summed E-state index contributed by atoms with van der Waals surface area (Å²) in [6.07, 6.45) is 1.71. The number of carboxylic acids is 1. The summed E-state index contributed by atoms with van der Waals surface area (Å²) in [6, 6.07) is 12.9. The lowest BCUT2D eigenvalue weighted by atomic mass is 10.1. The Morgan fingerprint density at radius 3 is 2.33 bits per heavy atom. The van der Waals surface area contributed by atoms with Crippen molar-refractivity contribution >= 4 is 40.9 Å². The number of carbonyl (C=O) groups is 3. The number of amides is 2. The van der Waals surface area contributed by atoms with Gasteiger partial charge in [-0.25, -0.2) is 4.79 Å². The molecule has 2 amide bonds. The average Bonchev–Trinajstić information content (AvgIpc) is 2.57. The summed E-state index contributed by atoms with van der Waals surface area (Å²) in [5.41, 5.74) is 3.45. The molecule has 0 atom stereocenters. The molecule has 0 fully saturated rings. The molecule has 0 heterocycles. The van der Waals surface area contributed by atoms with E-state index in [0.717, 1.165) is 33.9 Å². The zero-order valence-electron chi connectivity index (χ0n) is 15.0. The topological polar surface area (TPSA) is 95.5 Å². The smallest absolute Gasteiger partial charge is 0.328 e. The average molecular weight is 384 g/mol. The van der Waals surface area contributed by atoms with E-state index in [1.165, 1.54) is 11.8 Å². The molecule has 6 nitrogen and oxygen atoms in total. The Bertz CT molecular complexity index is 873. The molecule has 7 heteroatoms. The SMILES string of the molecule is Cc1cc(C)cc(NC(=O)CSc2cccc(NC(=O)/C=C/C(=O)O)c2)c1. The van der Waals surface area contributed by atoms with Crippen LogP contribution in [-0.2, 0) is 14.4 Å². The highest BCUT2D eigenvalue weighted by atomic mass is 32.2. The summed E-state index contributed by atoms with van der Waals surface area (Å²) < 4.78 is 0. The fourth-order valence-electron chi connectivity index (χ4n) is 2.39. The van der Waals surface area contributed by atoms with Crippen LogP contribution in [-0.4, -0.2) is 28.6 Å². The predicted octanol–water partition coefficient (Wildman–Crippen LogP) is 3.61. The van der Waals surface area contributed by atoms with E-state index < -0.39 is 11.9 Å². The quantitative estimate of drug-likeness (QED) is 0.501. The van der Waals surface area contributed by atoms with E-state index in [4.69, 9.17) is 5.11 Å². The third-order valence-corrected chi connectivity index (χ3v) is 4.35. The molecule has 0 aromatic heterocycles. The number of hydrogen-bond acceptors (Lipinski definition) is 4. The maximum absolute atomic E-state index is 12.2. The third kappa shape index (κ3) is 7.37. The Labute approximate surface area is 161 Å². The van der Waals surface area contributed by atoms with E-state index in [1.54, 1.807) is 18.2 Å². The monoisotopic (exact) mass is 384 g/mol. The Morgan fingerprint density at radius 2 is 1.67 bits per heavy atom. The molecule has 0 bridgehead atoms. The highest BCUT2D eigenvalue weighted by Gasteiger charge is 2.06. The van der Waals surface area contributed by atoms with Crippen LogP contribution in [0.15, 0.2) is 59.5 Å². The van der Waals surface area contributed by atoms with Crippen LogP contribution in [0, 0.1) is 13.8 Å². The van der Waals surface area contributed by atoms with E-state index in [0.29, 0.717) is 5.69 Å². The molecule has 2 rings (SSSR count). The summed E-state index contributed by atoms with van der Waals surface area (Å²) >= 11 is 1.34. The lowest BCUT2D eigenvalue weighted by Crippen LogP contribution is -2.14. The van der Waals surface area contributed by atoms with E-state index in [1.807, 2.05) is 38.1 Å². The van der Waals surface area contributed by atoms with Crippen LogP contribution in [0.2, 0.25) is 0 Å². The highest BCUT2D eigenvalue weighted by Crippen LogP contribution is 2.22. The zero-order chi connectivity index (χ0) is 19.8. The molecular formula is C20H20N2O4S. The van der Waals surface area contributed by atoms with Crippen LogP contribution in [0.1, 0.15) is 11.1 Å². The van der Waals surface area contributed by atoms with Crippen LogP contribution in [0.3, 0.4) is 0 Å².